The maximum Gasteiger partial charge on any atom is 0.471 e. The average Bonchev–Trinajstić information content (AvgIpc) is 3.00. The molecule has 1 aromatic rings. The van der Waals surface area contributed by atoms with Crippen molar-refractivity contribution in [1.82, 2.24) is 4.90 Å². The SMILES string of the molecule is [2H]C([2H])([2H])N(CC1OCC2(CC2)c2sccc21)C(=O)C(F)(F)F. The highest BCUT2D eigenvalue weighted by Crippen LogP contribution is 2.55. The second kappa shape index (κ2) is 4.46. The summed E-state index contributed by atoms with van der Waals surface area (Å²) in [6, 6.07) is 1.74. The van der Waals surface area contributed by atoms with E-state index < -0.39 is 31.7 Å². The van der Waals surface area contributed by atoms with Crippen LogP contribution in [-0.4, -0.2) is 37.1 Å². The first-order chi connectivity index (χ1) is 10.5. The van der Waals surface area contributed by atoms with E-state index >= 15 is 0 Å². The molecule has 2 aliphatic rings. The lowest BCUT2D eigenvalue weighted by atomic mass is 9.95. The Morgan fingerprint density at radius 2 is 2.40 bits per heavy atom. The van der Waals surface area contributed by atoms with Gasteiger partial charge in [-0.25, -0.2) is 0 Å². The molecular formula is C13H14F3NO2S. The van der Waals surface area contributed by atoms with E-state index in [0.29, 0.717) is 12.2 Å². The molecule has 110 valence electrons. The molecule has 1 aliphatic carbocycles. The van der Waals surface area contributed by atoms with Gasteiger partial charge in [0.1, 0.15) is 6.10 Å². The molecule has 0 bridgehead atoms. The summed E-state index contributed by atoms with van der Waals surface area (Å²) in [4.78, 5) is 12.4. The van der Waals surface area contributed by atoms with Gasteiger partial charge >= 0.3 is 12.1 Å². The zero-order chi connectivity index (χ0) is 17.0. The Morgan fingerprint density at radius 3 is 3.00 bits per heavy atom. The van der Waals surface area contributed by atoms with Gasteiger partial charge in [0, 0.05) is 21.4 Å². The standard InChI is InChI=1S/C13H14F3NO2S/c1-17(11(18)13(14,15)16)6-9-8-2-5-20-10(8)12(3-4-12)7-19-9/h2,5,9H,3-4,6-7H2,1H3/i1D3. The number of fused-ring (bicyclic) bond motifs is 2. The fourth-order valence-electron chi connectivity index (χ4n) is 2.49. The summed E-state index contributed by atoms with van der Waals surface area (Å²) in [6.07, 6.45) is -4.18. The van der Waals surface area contributed by atoms with E-state index in [1.807, 2.05) is 5.38 Å². The number of nitrogens with zero attached hydrogens (tertiary/aromatic N) is 1. The summed E-state index contributed by atoms with van der Waals surface area (Å²) in [7, 11) is 0. The maximum absolute atomic E-state index is 12.7. The molecule has 1 spiro atoms. The van der Waals surface area contributed by atoms with Crippen molar-refractivity contribution in [3.63, 3.8) is 0 Å². The summed E-state index contributed by atoms with van der Waals surface area (Å²) in [5, 5.41) is 1.82. The number of likely N-dealkylation sites (N-methyl/N-ethyl adjacent to an activating group) is 1. The third kappa shape index (κ3) is 2.22. The molecule has 7 heteroatoms. The lowest BCUT2D eigenvalue weighted by molar-refractivity contribution is -0.185. The molecule has 0 saturated heterocycles. The topological polar surface area (TPSA) is 29.5 Å². The van der Waals surface area contributed by atoms with Crippen LogP contribution in [0.2, 0.25) is 0 Å². The Labute approximate surface area is 122 Å². The Hall–Kier alpha value is -1.08. The van der Waals surface area contributed by atoms with E-state index in [0.717, 1.165) is 17.7 Å². The van der Waals surface area contributed by atoms with Gasteiger partial charge < -0.3 is 9.64 Å². The Balaban J connectivity index is 1.86. The van der Waals surface area contributed by atoms with Crippen molar-refractivity contribution in [1.29, 1.82) is 0 Å². The van der Waals surface area contributed by atoms with E-state index in [2.05, 4.69) is 0 Å². The molecule has 1 amide bonds. The molecule has 2 heterocycles. The van der Waals surface area contributed by atoms with Gasteiger partial charge in [0.05, 0.1) is 13.2 Å². The van der Waals surface area contributed by atoms with Crippen LogP contribution in [0.15, 0.2) is 11.4 Å². The van der Waals surface area contributed by atoms with E-state index in [-0.39, 0.29) is 10.3 Å². The zero-order valence-corrected chi connectivity index (χ0v) is 11.2. The van der Waals surface area contributed by atoms with Gasteiger partial charge in [0.15, 0.2) is 0 Å². The maximum atomic E-state index is 12.7. The van der Waals surface area contributed by atoms with Gasteiger partial charge in [0.2, 0.25) is 0 Å². The first-order valence-electron chi connectivity index (χ1n) is 7.63. The third-order valence-corrected chi connectivity index (χ3v) is 4.95. The van der Waals surface area contributed by atoms with Crippen LogP contribution in [0.4, 0.5) is 13.2 Å². The van der Waals surface area contributed by atoms with E-state index in [9.17, 15) is 18.0 Å². The predicted molar refractivity (Wildman–Crippen MR) is 67.6 cm³/mol. The third-order valence-electron chi connectivity index (χ3n) is 3.77. The minimum Gasteiger partial charge on any atom is -0.371 e. The van der Waals surface area contributed by atoms with Gasteiger partial charge in [-0.2, -0.15) is 13.2 Å². The van der Waals surface area contributed by atoms with Crippen LogP contribution >= 0.6 is 11.3 Å². The van der Waals surface area contributed by atoms with Gasteiger partial charge in [-0.3, -0.25) is 4.79 Å². The quantitative estimate of drug-likeness (QED) is 0.841. The highest BCUT2D eigenvalue weighted by atomic mass is 32.1. The largest absolute Gasteiger partial charge is 0.471 e. The van der Waals surface area contributed by atoms with Gasteiger partial charge in [-0.1, -0.05) is 0 Å². The number of hydrogen-bond donors (Lipinski definition) is 0. The summed E-state index contributed by atoms with van der Waals surface area (Å²) >= 11 is 1.50. The highest BCUT2D eigenvalue weighted by molar-refractivity contribution is 7.10. The molecule has 20 heavy (non-hydrogen) atoms. The molecule has 3 rings (SSSR count). The number of amides is 1. The van der Waals surface area contributed by atoms with Crippen molar-refractivity contribution in [3.8, 4) is 0 Å². The Bertz CT molecular complexity index is 625. The molecule has 1 saturated carbocycles. The van der Waals surface area contributed by atoms with E-state index in [1.165, 1.54) is 11.3 Å². The minimum atomic E-state index is -5.24. The lowest BCUT2D eigenvalue weighted by Crippen LogP contribution is -2.42. The molecule has 1 atom stereocenters. The van der Waals surface area contributed by atoms with Crippen LogP contribution in [0, 0.1) is 0 Å². The fraction of sp³-hybridized carbons (Fsp3) is 0.615. The molecule has 3 nitrogen and oxygen atoms in total. The second-order valence-electron chi connectivity index (χ2n) is 5.20. The number of rotatable bonds is 2. The molecule has 1 aliphatic heterocycles. The second-order valence-corrected chi connectivity index (χ2v) is 6.11. The van der Waals surface area contributed by atoms with Crippen molar-refractivity contribution in [3.05, 3.63) is 21.9 Å². The molecular weight excluding hydrogens is 291 g/mol. The van der Waals surface area contributed by atoms with Crippen LogP contribution in [0.25, 0.3) is 0 Å². The van der Waals surface area contributed by atoms with Gasteiger partial charge in [0.25, 0.3) is 0 Å². The van der Waals surface area contributed by atoms with Crippen molar-refractivity contribution < 1.29 is 26.8 Å². The van der Waals surface area contributed by atoms with Crippen LogP contribution in [0.5, 0.6) is 0 Å². The number of thiophene rings is 1. The van der Waals surface area contributed by atoms with Crippen molar-refractivity contribution in [2.75, 3.05) is 20.1 Å². The molecule has 0 N–H and O–H groups in total. The molecule has 1 unspecified atom stereocenters. The highest BCUT2D eigenvalue weighted by Gasteiger charge is 2.51. The Kier molecular flexibility index (Phi) is 2.37. The van der Waals surface area contributed by atoms with Gasteiger partial charge in [-0.15, -0.1) is 11.3 Å². The van der Waals surface area contributed by atoms with Crippen LogP contribution in [0.3, 0.4) is 0 Å². The lowest BCUT2D eigenvalue weighted by Gasteiger charge is -2.32. The van der Waals surface area contributed by atoms with Crippen LogP contribution < -0.4 is 0 Å². The normalized spacial score (nSPS) is 26.4. The molecule has 0 radical (unpaired) electrons. The van der Waals surface area contributed by atoms with E-state index in [1.54, 1.807) is 6.07 Å². The predicted octanol–water partition coefficient (Wildman–Crippen LogP) is 2.87. The van der Waals surface area contributed by atoms with E-state index in [4.69, 9.17) is 8.85 Å². The monoisotopic (exact) mass is 308 g/mol. The number of carbonyl (C=O) groups is 1. The number of hydrogen-bond acceptors (Lipinski definition) is 3. The summed E-state index contributed by atoms with van der Waals surface area (Å²) in [5.41, 5.74) is 0.641. The average molecular weight is 308 g/mol. The summed E-state index contributed by atoms with van der Waals surface area (Å²) in [5.74, 6) is -2.37. The van der Waals surface area contributed by atoms with Crippen molar-refractivity contribution in [2.45, 2.75) is 30.5 Å². The zero-order valence-electron chi connectivity index (χ0n) is 13.4. The first kappa shape index (κ1) is 10.6. The number of ether oxygens (including phenoxy) is 1. The first-order valence-corrected chi connectivity index (χ1v) is 7.01. The molecule has 1 fully saturated rings. The number of alkyl halides is 3. The Morgan fingerprint density at radius 1 is 1.65 bits per heavy atom. The molecule has 1 aromatic heterocycles. The van der Waals surface area contributed by atoms with Gasteiger partial charge in [-0.05, 0) is 29.9 Å². The van der Waals surface area contributed by atoms with Crippen molar-refractivity contribution in [2.24, 2.45) is 0 Å². The van der Waals surface area contributed by atoms with Crippen LogP contribution in [0.1, 0.15) is 33.5 Å². The number of halogens is 3. The smallest absolute Gasteiger partial charge is 0.371 e. The fourth-order valence-corrected chi connectivity index (χ4v) is 3.69. The summed E-state index contributed by atoms with van der Waals surface area (Å²) < 4.78 is 65.4. The minimum absolute atomic E-state index is 0.0567. The van der Waals surface area contributed by atoms with Crippen molar-refractivity contribution >= 4 is 17.2 Å². The van der Waals surface area contributed by atoms with Crippen LogP contribution in [-0.2, 0) is 14.9 Å². The number of carbonyl (C=O) groups excluding carboxylic acids is 1. The molecule has 0 aromatic carbocycles. The summed E-state index contributed by atoms with van der Waals surface area (Å²) in [6.45, 7) is -3.48.